The van der Waals surface area contributed by atoms with Gasteiger partial charge in [-0.2, -0.15) is 4.68 Å². The number of ether oxygens (including phenoxy) is 2. The van der Waals surface area contributed by atoms with Crippen LogP contribution in [0.15, 0.2) is 54.6 Å². The third kappa shape index (κ3) is 4.31. The molecule has 0 radical (unpaired) electrons. The fraction of sp³-hybridized carbons (Fsp3) is 0.176. The second-order valence-corrected chi connectivity index (χ2v) is 5.08. The first kappa shape index (κ1) is 16.4. The largest absolute Gasteiger partial charge is 0.497 e. The van der Waals surface area contributed by atoms with E-state index in [-0.39, 0.29) is 19.1 Å². The van der Waals surface area contributed by atoms with Crippen LogP contribution in [0, 0.1) is 0 Å². The highest BCUT2D eigenvalue weighted by molar-refractivity contribution is 5.77. The standard InChI is InChI=1S/C17H17N5O3/c1-24-14-7-9-15(10-8-14)25-12-17(23)18-11-16-19-20-21-22(16)13-5-3-2-4-6-13/h2-10H,11-12H2,1H3,(H,18,23). The second kappa shape index (κ2) is 7.91. The Morgan fingerprint density at radius 2 is 1.80 bits per heavy atom. The number of benzene rings is 2. The Labute approximate surface area is 144 Å². The van der Waals surface area contributed by atoms with E-state index in [0.717, 1.165) is 11.4 Å². The lowest BCUT2D eigenvalue weighted by molar-refractivity contribution is -0.123. The number of hydrogen-bond donors (Lipinski definition) is 1. The van der Waals surface area contributed by atoms with Crippen molar-refractivity contribution < 1.29 is 14.3 Å². The Bertz CT molecular complexity index is 818. The van der Waals surface area contributed by atoms with Crippen molar-refractivity contribution in [1.82, 2.24) is 25.5 Å². The van der Waals surface area contributed by atoms with E-state index in [1.807, 2.05) is 30.3 Å². The van der Waals surface area contributed by atoms with E-state index in [1.165, 1.54) is 0 Å². The SMILES string of the molecule is COc1ccc(OCC(=O)NCc2nnnn2-c2ccccc2)cc1. The van der Waals surface area contributed by atoms with Gasteiger partial charge in [0.05, 0.1) is 19.3 Å². The molecule has 0 fully saturated rings. The molecule has 8 nitrogen and oxygen atoms in total. The van der Waals surface area contributed by atoms with Gasteiger partial charge in [-0.25, -0.2) is 0 Å². The van der Waals surface area contributed by atoms with E-state index in [2.05, 4.69) is 20.8 Å². The van der Waals surface area contributed by atoms with E-state index >= 15 is 0 Å². The Hall–Kier alpha value is -3.42. The quantitative estimate of drug-likeness (QED) is 0.699. The molecule has 0 spiro atoms. The Balaban J connectivity index is 1.52. The summed E-state index contributed by atoms with van der Waals surface area (Å²) in [6, 6.07) is 16.5. The molecule has 0 aliphatic carbocycles. The lowest BCUT2D eigenvalue weighted by Crippen LogP contribution is -2.29. The molecule has 0 unspecified atom stereocenters. The van der Waals surface area contributed by atoms with Crippen molar-refractivity contribution in [3.8, 4) is 17.2 Å². The maximum absolute atomic E-state index is 11.9. The Kier molecular flexibility index (Phi) is 5.20. The summed E-state index contributed by atoms with van der Waals surface area (Å²) < 4.78 is 12.1. The molecule has 0 atom stereocenters. The maximum Gasteiger partial charge on any atom is 0.258 e. The van der Waals surface area contributed by atoms with Gasteiger partial charge in [0.25, 0.3) is 5.91 Å². The average molecular weight is 339 g/mol. The number of carbonyl (C=O) groups is 1. The number of amides is 1. The molecule has 0 bridgehead atoms. The van der Waals surface area contributed by atoms with Crippen LogP contribution in [0.2, 0.25) is 0 Å². The van der Waals surface area contributed by atoms with Crippen molar-refractivity contribution in [2.24, 2.45) is 0 Å². The minimum Gasteiger partial charge on any atom is -0.497 e. The molecule has 0 saturated heterocycles. The summed E-state index contributed by atoms with van der Waals surface area (Å²) in [6.07, 6.45) is 0. The van der Waals surface area contributed by atoms with Gasteiger partial charge >= 0.3 is 0 Å². The summed E-state index contributed by atoms with van der Waals surface area (Å²) in [4.78, 5) is 11.9. The molecule has 8 heteroatoms. The predicted octanol–water partition coefficient (Wildman–Crippen LogP) is 1.37. The smallest absolute Gasteiger partial charge is 0.258 e. The number of nitrogens with zero attached hydrogens (tertiary/aromatic N) is 4. The molecule has 1 heterocycles. The van der Waals surface area contributed by atoms with Crippen molar-refractivity contribution in [1.29, 1.82) is 0 Å². The molecule has 1 amide bonds. The highest BCUT2D eigenvalue weighted by atomic mass is 16.5. The number of aromatic nitrogens is 4. The number of nitrogens with one attached hydrogen (secondary N) is 1. The van der Waals surface area contributed by atoms with Crippen molar-refractivity contribution in [2.45, 2.75) is 6.54 Å². The van der Waals surface area contributed by atoms with Crippen LogP contribution in [0.5, 0.6) is 11.5 Å². The van der Waals surface area contributed by atoms with Gasteiger partial charge in [-0.1, -0.05) is 18.2 Å². The first-order valence-electron chi connectivity index (χ1n) is 7.62. The van der Waals surface area contributed by atoms with Gasteiger partial charge in [-0.05, 0) is 46.8 Å². The number of tetrazole rings is 1. The molecule has 1 N–H and O–H groups in total. The Morgan fingerprint density at radius 3 is 2.52 bits per heavy atom. The van der Waals surface area contributed by atoms with E-state index in [4.69, 9.17) is 9.47 Å². The van der Waals surface area contributed by atoms with Crippen LogP contribution in [-0.4, -0.2) is 39.8 Å². The topological polar surface area (TPSA) is 91.2 Å². The molecule has 128 valence electrons. The lowest BCUT2D eigenvalue weighted by atomic mass is 10.3. The first-order valence-corrected chi connectivity index (χ1v) is 7.62. The van der Waals surface area contributed by atoms with E-state index in [0.29, 0.717) is 11.6 Å². The first-order chi connectivity index (χ1) is 12.3. The maximum atomic E-state index is 11.9. The molecule has 2 aromatic carbocycles. The third-order valence-electron chi connectivity index (χ3n) is 3.41. The minimum absolute atomic E-state index is 0.0980. The van der Waals surface area contributed by atoms with Crippen molar-refractivity contribution in [3.63, 3.8) is 0 Å². The van der Waals surface area contributed by atoms with E-state index in [9.17, 15) is 4.79 Å². The summed E-state index contributed by atoms with van der Waals surface area (Å²) >= 11 is 0. The zero-order chi connectivity index (χ0) is 17.5. The molecular weight excluding hydrogens is 322 g/mol. The predicted molar refractivity (Wildman–Crippen MR) is 89.5 cm³/mol. The van der Waals surface area contributed by atoms with Gasteiger partial charge in [0.1, 0.15) is 11.5 Å². The van der Waals surface area contributed by atoms with E-state index < -0.39 is 0 Å². The number of methoxy groups -OCH3 is 1. The zero-order valence-corrected chi connectivity index (χ0v) is 13.6. The third-order valence-corrected chi connectivity index (χ3v) is 3.41. The van der Waals surface area contributed by atoms with Crippen molar-refractivity contribution >= 4 is 5.91 Å². The summed E-state index contributed by atoms with van der Waals surface area (Å²) in [7, 11) is 1.59. The van der Waals surface area contributed by atoms with Crippen LogP contribution in [0.4, 0.5) is 0 Å². The number of hydrogen-bond acceptors (Lipinski definition) is 6. The van der Waals surface area contributed by atoms with Crippen LogP contribution < -0.4 is 14.8 Å². The number of para-hydroxylation sites is 1. The molecule has 0 aliphatic heterocycles. The van der Waals surface area contributed by atoms with Crippen molar-refractivity contribution in [2.75, 3.05) is 13.7 Å². The van der Waals surface area contributed by atoms with Gasteiger partial charge < -0.3 is 14.8 Å². The molecule has 3 rings (SSSR count). The molecule has 1 aromatic heterocycles. The lowest BCUT2D eigenvalue weighted by Gasteiger charge is -2.08. The average Bonchev–Trinajstić information content (AvgIpc) is 3.14. The zero-order valence-electron chi connectivity index (χ0n) is 13.6. The molecule has 25 heavy (non-hydrogen) atoms. The minimum atomic E-state index is -0.265. The highest BCUT2D eigenvalue weighted by Gasteiger charge is 2.10. The summed E-state index contributed by atoms with van der Waals surface area (Å²) in [6.45, 7) is 0.103. The summed E-state index contributed by atoms with van der Waals surface area (Å²) in [5.41, 5.74) is 0.825. The van der Waals surface area contributed by atoms with Crippen LogP contribution in [0.1, 0.15) is 5.82 Å². The molecule has 3 aromatic rings. The number of rotatable bonds is 7. The normalized spacial score (nSPS) is 10.3. The van der Waals surface area contributed by atoms with Crippen LogP contribution in [-0.2, 0) is 11.3 Å². The van der Waals surface area contributed by atoms with Crippen molar-refractivity contribution in [3.05, 3.63) is 60.4 Å². The van der Waals surface area contributed by atoms with Gasteiger partial charge in [0.2, 0.25) is 0 Å². The fourth-order valence-corrected chi connectivity index (χ4v) is 2.14. The molecule has 0 aliphatic rings. The van der Waals surface area contributed by atoms with Gasteiger partial charge in [0, 0.05) is 0 Å². The van der Waals surface area contributed by atoms with Gasteiger partial charge in [0.15, 0.2) is 12.4 Å². The fourth-order valence-electron chi connectivity index (χ4n) is 2.14. The Morgan fingerprint density at radius 1 is 1.08 bits per heavy atom. The monoisotopic (exact) mass is 339 g/mol. The van der Waals surface area contributed by atoms with Gasteiger partial charge in [-0.3, -0.25) is 4.79 Å². The van der Waals surface area contributed by atoms with Crippen LogP contribution in [0.3, 0.4) is 0 Å². The van der Waals surface area contributed by atoms with Crippen LogP contribution in [0.25, 0.3) is 5.69 Å². The second-order valence-electron chi connectivity index (χ2n) is 5.08. The summed E-state index contributed by atoms with van der Waals surface area (Å²) in [5.74, 6) is 1.58. The molecular formula is C17H17N5O3. The summed E-state index contributed by atoms with van der Waals surface area (Å²) in [5, 5.41) is 14.3. The van der Waals surface area contributed by atoms with Crippen LogP contribution >= 0.6 is 0 Å². The highest BCUT2D eigenvalue weighted by Crippen LogP contribution is 2.16. The van der Waals surface area contributed by atoms with E-state index in [1.54, 1.807) is 36.1 Å². The number of carbonyl (C=O) groups excluding carboxylic acids is 1. The molecule has 0 saturated carbocycles. The van der Waals surface area contributed by atoms with Gasteiger partial charge in [-0.15, -0.1) is 5.10 Å².